The molecule has 1 amide bonds. The number of piperidine rings is 1. The summed E-state index contributed by atoms with van der Waals surface area (Å²) >= 11 is 0. The molecule has 0 aliphatic carbocycles. The Morgan fingerprint density at radius 3 is 2.62 bits per heavy atom. The molecule has 0 saturated carbocycles. The zero-order valence-electron chi connectivity index (χ0n) is 12.3. The molecule has 21 heavy (non-hydrogen) atoms. The molecule has 0 aromatic heterocycles. The minimum absolute atomic E-state index is 0.00581. The Labute approximate surface area is 123 Å². The fourth-order valence-corrected chi connectivity index (χ4v) is 2.53. The van der Waals surface area contributed by atoms with Crippen LogP contribution in [0, 0.1) is 10.1 Å². The standard InChI is InChI=1S/C15H20N2O4/c1-11(12-4-3-5-13(10-12)17(20)21)14(18)16-8-6-15(2,19)7-9-16/h3-5,10-11,19H,6-9H2,1-2H3. The number of amides is 1. The summed E-state index contributed by atoms with van der Waals surface area (Å²) < 4.78 is 0. The first-order valence-electron chi connectivity index (χ1n) is 7.06. The Kier molecular flexibility index (Phi) is 4.27. The van der Waals surface area contributed by atoms with Crippen LogP contribution in [0.3, 0.4) is 0 Å². The van der Waals surface area contributed by atoms with E-state index in [0.29, 0.717) is 31.5 Å². The Morgan fingerprint density at radius 1 is 1.43 bits per heavy atom. The number of nitrogens with zero attached hydrogens (tertiary/aromatic N) is 2. The van der Waals surface area contributed by atoms with E-state index in [1.807, 2.05) is 0 Å². The van der Waals surface area contributed by atoms with Crippen molar-refractivity contribution in [2.75, 3.05) is 13.1 Å². The van der Waals surface area contributed by atoms with Crippen molar-refractivity contribution in [3.8, 4) is 0 Å². The normalized spacial score (nSPS) is 19.1. The molecule has 1 atom stereocenters. The molecule has 6 nitrogen and oxygen atoms in total. The molecule has 114 valence electrons. The van der Waals surface area contributed by atoms with Gasteiger partial charge >= 0.3 is 0 Å². The van der Waals surface area contributed by atoms with Gasteiger partial charge in [-0.25, -0.2) is 0 Å². The number of carbonyl (C=O) groups is 1. The zero-order valence-corrected chi connectivity index (χ0v) is 12.3. The van der Waals surface area contributed by atoms with Gasteiger partial charge in [0.05, 0.1) is 16.4 Å². The molecule has 1 fully saturated rings. The summed E-state index contributed by atoms with van der Waals surface area (Å²) in [5.74, 6) is -0.473. The molecule has 1 aliphatic rings. The van der Waals surface area contributed by atoms with Crippen LogP contribution in [0.15, 0.2) is 24.3 Å². The second-order valence-electron chi connectivity index (χ2n) is 5.90. The van der Waals surface area contributed by atoms with Crippen LogP contribution in [-0.4, -0.2) is 39.5 Å². The van der Waals surface area contributed by atoms with Gasteiger partial charge in [-0.2, -0.15) is 0 Å². The van der Waals surface area contributed by atoms with Crippen LogP contribution in [0.2, 0.25) is 0 Å². The van der Waals surface area contributed by atoms with E-state index in [4.69, 9.17) is 0 Å². The molecular formula is C15H20N2O4. The first-order valence-corrected chi connectivity index (χ1v) is 7.06. The van der Waals surface area contributed by atoms with Crippen molar-refractivity contribution in [1.29, 1.82) is 0 Å². The summed E-state index contributed by atoms with van der Waals surface area (Å²) in [6.07, 6.45) is 1.11. The highest BCUT2D eigenvalue weighted by Gasteiger charge is 2.31. The Hall–Kier alpha value is -1.95. The number of nitro benzene ring substituents is 1. The van der Waals surface area contributed by atoms with Gasteiger partial charge in [0.25, 0.3) is 5.69 Å². The lowest BCUT2D eigenvalue weighted by atomic mass is 9.92. The van der Waals surface area contributed by atoms with Crippen LogP contribution < -0.4 is 0 Å². The number of rotatable bonds is 3. The smallest absolute Gasteiger partial charge is 0.269 e. The number of non-ortho nitro benzene ring substituents is 1. The first kappa shape index (κ1) is 15.4. The average Bonchev–Trinajstić information content (AvgIpc) is 2.46. The molecule has 1 saturated heterocycles. The lowest BCUT2D eigenvalue weighted by Gasteiger charge is -2.37. The summed E-state index contributed by atoms with van der Waals surface area (Å²) in [6.45, 7) is 4.57. The predicted octanol–water partition coefficient (Wildman–Crippen LogP) is 2.07. The average molecular weight is 292 g/mol. The van der Waals surface area contributed by atoms with Crippen LogP contribution in [0.4, 0.5) is 5.69 Å². The zero-order chi connectivity index (χ0) is 15.6. The number of hydrogen-bond donors (Lipinski definition) is 1. The molecule has 0 bridgehead atoms. The maximum Gasteiger partial charge on any atom is 0.269 e. The lowest BCUT2D eigenvalue weighted by Crippen LogP contribution is -2.46. The molecule has 0 spiro atoms. The Morgan fingerprint density at radius 2 is 2.05 bits per heavy atom. The van der Waals surface area contributed by atoms with Crippen molar-refractivity contribution in [2.45, 2.75) is 38.2 Å². The number of hydrogen-bond acceptors (Lipinski definition) is 4. The van der Waals surface area contributed by atoms with Crippen LogP contribution in [0.25, 0.3) is 0 Å². The summed E-state index contributed by atoms with van der Waals surface area (Å²) in [7, 11) is 0. The van der Waals surface area contributed by atoms with Gasteiger partial charge < -0.3 is 10.0 Å². The third kappa shape index (κ3) is 3.58. The topological polar surface area (TPSA) is 83.7 Å². The van der Waals surface area contributed by atoms with E-state index in [0.717, 1.165) is 0 Å². The van der Waals surface area contributed by atoms with Gasteiger partial charge in [-0.1, -0.05) is 12.1 Å². The second kappa shape index (κ2) is 5.81. The maximum atomic E-state index is 12.5. The molecule has 1 aliphatic heterocycles. The molecule has 0 radical (unpaired) electrons. The molecule has 6 heteroatoms. The number of carbonyl (C=O) groups excluding carboxylic acids is 1. The molecule has 1 unspecified atom stereocenters. The molecule has 1 aromatic rings. The third-order valence-electron chi connectivity index (χ3n) is 4.10. The highest BCUT2D eigenvalue weighted by Crippen LogP contribution is 2.26. The highest BCUT2D eigenvalue weighted by atomic mass is 16.6. The van der Waals surface area contributed by atoms with Gasteiger partial charge in [0.2, 0.25) is 5.91 Å². The van der Waals surface area contributed by atoms with Crippen LogP contribution in [0.5, 0.6) is 0 Å². The van der Waals surface area contributed by atoms with Crippen LogP contribution >= 0.6 is 0 Å². The van der Waals surface area contributed by atoms with E-state index < -0.39 is 16.4 Å². The fourth-order valence-electron chi connectivity index (χ4n) is 2.53. The van der Waals surface area contributed by atoms with Gasteiger partial charge in [0, 0.05) is 25.2 Å². The number of nitro groups is 1. The number of benzene rings is 1. The molecule has 1 heterocycles. The fraction of sp³-hybridized carbons (Fsp3) is 0.533. The van der Waals surface area contributed by atoms with E-state index in [9.17, 15) is 20.0 Å². The number of aliphatic hydroxyl groups is 1. The van der Waals surface area contributed by atoms with E-state index in [1.54, 1.807) is 30.9 Å². The van der Waals surface area contributed by atoms with Crippen molar-refractivity contribution in [3.63, 3.8) is 0 Å². The first-order chi connectivity index (χ1) is 9.80. The molecule has 1 aromatic carbocycles. The third-order valence-corrected chi connectivity index (χ3v) is 4.10. The van der Waals surface area contributed by atoms with Crippen molar-refractivity contribution >= 4 is 11.6 Å². The van der Waals surface area contributed by atoms with Gasteiger partial charge in [-0.15, -0.1) is 0 Å². The summed E-state index contributed by atoms with van der Waals surface area (Å²) in [5, 5.41) is 20.7. The highest BCUT2D eigenvalue weighted by molar-refractivity contribution is 5.83. The van der Waals surface area contributed by atoms with Crippen molar-refractivity contribution in [3.05, 3.63) is 39.9 Å². The number of likely N-dealkylation sites (tertiary alicyclic amines) is 1. The van der Waals surface area contributed by atoms with E-state index in [1.165, 1.54) is 12.1 Å². The van der Waals surface area contributed by atoms with Crippen molar-refractivity contribution in [1.82, 2.24) is 4.90 Å². The minimum atomic E-state index is -0.703. The van der Waals surface area contributed by atoms with Gasteiger partial charge in [0.15, 0.2) is 0 Å². The van der Waals surface area contributed by atoms with Gasteiger partial charge in [0.1, 0.15) is 0 Å². The van der Waals surface area contributed by atoms with Gasteiger partial charge in [-0.05, 0) is 32.3 Å². The largest absolute Gasteiger partial charge is 0.390 e. The predicted molar refractivity (Wildman–Crippen MR) is 77.9 cm³/mol. The Bertz CT molecular complexity index is 546. The van der Waals surface area contributed by atoms with Gasteiger partial charge in [-0.3, -0.25) is 14.9 Å². The molecule has 1 N–H and O–H groups in total. The minimum Gasteiger partial charge on any atom is -0.390 e. The molecule has 2 rings (SSSR count). The van der Waals surface area contributed by atoms with E-state index >= 15 is 0 Å². The SMILES string of the molecule is CC(C(=O)N1CCC(C)(O)CC1)c1cccc([N+](=O)[O-])c1. The maximum absolute atomic E-state index is 12.5. The summed E-state index contributed by atoms with van der Waals surface area (Å²) in [5.41, 5.74) is -0.0637. The van der Waals surface area contributed by atoms with E-state index in [-0.39, 0.29) is 11.6 Å². The lowest BCUT2D eigenvalue weighted by molar-refractivity contribution is -0.384. The quantitative estimate of drug-likeness (QED) is 0.683. The summed E-state index contributed by atoms with van der Waals surface area (Å²) in [4.78, 5) is 24.5. The second-order valence-corrected chi connectivity index (χ2v) is 5.90. The Balaban J connectivity index is 2.09. The van der Waals surface area contributed by atoms with E-state index in [2.05, 4.69) is 0 Å². The van der Waals surface area contributed by atoms with Crippen LogP contribution in [-0.2, 0) is 4.79 Å². The monoisotopic (exact) mass is 292 g/mol. The van der Waals surface area contributed by atoms with Crippen LogP contribution in [0.1, 0.15) is 38.2 Å². The van der Waals surface area contributed by atoms with Crippen molar-refractivity contribution in [2.24, 2.45) is 0 Å². The summed E-state index contributed by atoms with van der Waals surface area (Å²) in [6, 6.07) is 6.19. The molecular weight excluding hydrogens is 272 g/mol. The van der Waals surface area contributed by atoms with Crippen molar-refractivity contribution < 1.29 is 14.8 Å².